The topological polar surface area (TPSA) is 77.9 Å². The van der Waals surface area contributed by atoms with E-state index in [0.717, 1.165) is 0 Å². The second-order valence-electron chi connectivity index (χ2n) is 2.30. The smallest absolute Gasteiger partial charge is 0.242 e. The first-order valence-electron chi connectivity index (χ1n) is 3.20. The van der Waals surface area contributed by atoms with Crippen LogP contribution in [0.1, 0.15) is 11.4 Å². The summed E-state index contributed by atoms with van der Waals surface area (Å²) in [5.41, 5.74) is 4.13. The number of aromatic nitrogens is 2. The SMILES string of the molecule is Cc1cc(NN)c(C)[n+]([O-])n1. The third-order valence-electron chi connectivity index (χ3n) is 1.43. The molecule has 0 bridgehead atoms. The van der Waals surface area contributed by atoms with E-state index in [4.69, 9.17) is 5.84 Å². The number of hydrazine groups is 1. The third-order valence-corrected chi connectivity index (χ3v) is 1.43. The minimum Gasteiger partial charge on any atom is -0.594 e. The van der Waals surface area contributed by atoms with Crippen molar-refractivity contribution >= 4 is 5.69 Å². The summed E-state index contributed by atoms with van der Waals surface area (Å²) in [6.07, 6.45) is 0. The monoisotopic (exact) mass is 154 g/mol. The Morgan fingerprint density at radius 2 is 2.27 bits per heavy atom. The predicted octanol–water partition coefficient (Wildman–Crippen LogP) is -0.383. The molecule has 5 heteroatoms. The van der Waals surface area contributed by atoms with Crippen LogP contribution >= 0.6 is 0 Å². The minimum atomic E-state index is 0.470. The lowest BCUT2D eigenvalue weighted by atomic mass is 10.3. The average molecular weight is 154 g/mol. The summed E-state index contributed by atoms with van der Waals surface area (Å²) in [5.74, 6) is 5.16. The van der Waals surface area contributed by atoms with Crippen LogP contribution in [0.15, 0.2) is 6.07 Å². The Morgan fingerprint density at radius 3 is 2.82 bits per heavy atom. The first-order valence-corrected chi connectivity index (χ1v) is 3.20. The fraction of sp³-hybridized carbons (Fsp3) is 0.333. The molecule has 0 aliphatic heterocycles. The highest BCUT2D eigenvalue weighted by atomic mass is 16.5. The molecule has 0 saturated heterocycles. The van der Waals surface area contributed by atoms with Crippen LogP contribution in [0.5, 0.6) is 0 Å². The van der Waals surface area contributed by atoms with Crippen molar-refractivity contribution in [3.63, 3.8) is 0 Å². The van der Waals surface area contributed by atoms with Gasteiger partial charge < -0.3 is 10.6 Å². The highest BCUT2D eigenvalue weighted by molar-refractivity contribution is 5.44. The zero-order valence-corrected chi connectivity index (χ0v) is 6.46. The number of rotatable bonds is 1. The molecule has 1 aromatic heterocycles. The van der Waals surface area contributed by atoms with Crippen molar-refractivity contribution in [2.24, 2.45) is 5.84 Å². The Balaban J connectivity index is 3.24. The lowest BCUT2D eigenvalue weighted by molar-refractivity contribution is -0.675. The van der Waals surface area contributed by atoms with E-state index >= 15 is 0 Å². The second-order valence-corrected chi connectivity index (χ2v) is 2.30. The number of nitrogens with one attached hydrogen (secondary N) is 1. The number of nitrogens with zero attached hydrogens (tertiary/aromatic N) is 2. The first-order chi connectivity index (χ1) is 5.15. The number of nitrogens with two attached hydrogens (primary N) is 1. The quantitative estimate of drug-likeness (QED) is 0.250. The average Bonchev–Trinajstić information content (AvgIpc) is 1.96. The molecule has 3 N–H and O–H groups in total. The molecule has 0 amide bonds. The van der Waals surface area contributed by atoms with Crippen LogP contribution in [0.3, 0.4) is 0 Å². The van der Waals surface area contributed by atoms with Crippen molar-refractivity contribution in [1.29, 1.82) is 0 Å². The minimum absolute atomic E-state index is 0.470. The highest BCUT2D eigenvalue weighted by Gasteiger charge is 2.07. The molecule has 0 unspecified atom stereocenters. The Labute approximate surface area is 64.4 Å². The van der Waals surface area contributed by atoms with Gasteiger partial charge in [-0.1, -0.05) is 4.85 Å². The van der Waals surface area contributed by atoms with E-state index in [2.05, 4.69) is 10.5 Å². The zero-order chi connectivity index (χ0) is 8.43. The number of nitrogen functional groups attached to an aromatic ring is 1. The molecule has 0 aliphatic carbocycles. The maximum absolute atomic E-state index is 10.9. The van der Waals surface area contributed by atoms with Crippen LogP contribution in [-0.2, 0) is 0 Å². The van der Waals surface area contributed by atoms with Gasteiger partial charge in [0.2, 0.25) is 5.69 Å². The normalized spacial score (nSPS) is 9.73. The predicted molar refractivity (Wildman–Crippen MR) is 40.5 cm³/mol. The van der Waals surface area contributed by atoms with Crippen LogP contribution in [0, 0.1) is 19.1 Å². The molecule has 60 valence electrons. The van der Waals surface area contributed by atoms with Gasteiger partial charge in [0.05, 0.1) is 0 Å². The molecule has 0 saturated carbocycles. The Morgan fingerprint density at radius 1 is 1.64 bits per heavy atom. The summed E-state index contributed by atoms with van der Waals surface area (Å²) >= 11 is 0. The number of hydrogen-bond acceptors (Lipinski definition) is 4. The zero-order valence-electron chi connectivity index (χ0n) is 6.46. The van der Waals surface area contributed by atoms with Gasteiger partial charge in [0.1, 0.15) is 11.4 Å². The fourth-order valence-electron chi connectivity index (χ4n) is 0.810. The molecule has 0 radical (unpaired) electrons. The Bertz CT molecular complexity index is 274. The molecule has 0 spiro atoms. The molecule has 5 nitrogen and oxygen atoms in total. The van der Waals surface area contributed by atoms with Gasteiger partial charge in [-0.05, 0) is 13.0 Å². The van der Waals surface area contributed by atoms with Crippen LogP contribution < -0.4 is 16.1 Å². The lowest BCUT2D eigenvalue weighted by Gasteiger charge is -2.03. The third kappa shape index (κ3) is 1.38. The molecule has 1 heterocycles. The van der Waals surface area contributed by atoms with Crippen molar-refractivity contribution in [3.05, 3.63) is 22.7 Å². The van der Waals surface area contributed by atoms with Crippen molar-refractivity contribution in [2.75, 3.05) is 5.43 Å². The van der Waals surface area contributed by atoms with E-state index in [-0.39, 0.29) is 0 Å². The summed E-state index contributed by atoms with van der Waals surface area (Å²) in [5, 5.41) is 14.6. The molecule has 0 aromatic carbocycles. The molecule has 11 heavy (non-hydrogen) atoms. The maximum atomic E-state index is 10.9. The van der Waals surface area contributed by atoms with Gasteiger partial charge in [0.25, 0.3) is 0 Å². The first kappa shape index (κ1) is 7.74. The van der Waals surface area contributed by atoms with Gasteiger partial charge in [-0.2, -0.15) is 0 Å². The van der Waals surface area contributed by atoms with Gasteiger partial charge in [-0.15, -0.1) is 0 Å². The summed E-state index contributed by atoms with van der Waals surface area (Å²) in [6.45, 7) is 3.38. The molecular weight excluding hydrogens is 144 g/mol. The molecule has 1 rings (SSSR count). The lowest BCUT2D eigenvalue weighted by Crippen LogP contribution is -2.36. The van der Waals surface area contributed by atoms with Gasteiger partial charge in [-0.3, -0.25) is 5.84 Å². The van der Waals surface area contributed by atoms with E-state index in [0.29, 0.717) is 21.9 Å². The van der Waals surface area contributed by atoms with E-state index in [1.54, 1.807) is 19.9 Å². The summed E-state index contributed by atoms with van der Waals surface area (Å²) in [4.78, 5) is 0.546. The summed E-state index contributed by atoms with van der Waals surface area (Å²) in [6, 6.07) is 1.71. The largest absolute Gasteiger partial charge is 0.594 e. The van der Waals surface area contributed by atoms with Crippen molar-refractivity contribution in [2.45, 2.75) is 13.8 Å². The van der Waals surface area contributed by atoms with Crippen LogP contribution in [0.4, 0.5) is 5.69 Å². The van der Waals surface area contributed by atoms with E-state index in [1.807, 2.05) is 0 Å². The van der Waals surface area contributed by atoms with Crippen molar-refractivity contribution in [3.8, 4) is 0 Å². The van der Waals surface area contributed by atoms with Crippen molar-refractivity contribution < 1.29 is 4.85 Å². The van der Waals surface area contributed by atoms with Gasteiger partial charge in [0.15, 0.2) is 0 Å². The van der Waals surface area contributed by atoms with Gasteiger partial charge in [0, 0.05) is 12.0 Å². The molecule has 0 fully saturated rings. The number of aryl methyl sites for hydroxylation is 1. The summed E-state index contributed by atoms with van der Waals surface area (Å²) < 4.78 is 0. The van der Waals surface area contributed by atoms with Crippen molar-refractivity contribution in [1.82, 2.24) is 5.10 Å². The Kier molecular flexibility index (Phi) is 1.91. The van der Waals surface area contributed by atoms with E-state index in [9.17, 15) is 5.21 Å². The standard InChI is InChI=1S/C6H10N4O/c1-4-3-6(8-7)5(2)10(11)9-4/h3,8H,7H2,1-2H3. The van der Waals surface area contributed by atoms with Crippen LogP contribution in [0.25, 0.3) is 0 Å². The maximum Gasteiger partial charge on any atom is 0.242 e. The molecule has 0 aliphatic rings. The molecule has 0 atom stereocenters. The molecular formula is C6H10N4O. The summed E-state index contributed by atoms with van der Waals surface area (Å²) in [7, 11) is 0. The fourth-order valence-corrected chi connectivity index (χ4v) is 0.810. The van der Waals surface area contributed by atoms with Crippen LogP contribution in [-0.4, -0.2) is 5.10 Å². The Hall–Kier alpha value is -1.36. The van der Waals surface area contributed by atoms with Crippen LogP contribution in [0.2, 0.25) is 0 Å². The van der Waals surface area contributed by atoms with E-state index in [1.165, 1.54) is 0 Å². The number of anilines is 1. The van der Waals surface area contributed by atoms with E-state index < -0.39 is 0 Å². The number of hydrogen-bond donors (Lipinski definition) is 2. The van der Waals surface area contributed by atoms with Gasteiger partial charge in [-0.25, -0.2) is 0 Å². The molecule has 1 aromatic rings. The highest BCUT2D eigenvalue weighted by Crippen LogP contribution is 2.07. The second kappa shape index (κ2) is 2.71. The van der Waals surface area contributed by atoms with Gasteiger partial charge >= 0.3 is 0 Å².